The summed E-state index contributed by atoms with van der Waals surface area (Å²) >= 11 is 0. The molecule has 2 N–H and O–H groups in total. The van der Waals surface area contributed by atoms with E-state index in [-0.39, 0.29) is 17.9 Å². The number of hydrogen-bond acceptors (Lipinski definition) is 4. The average Bonchev–Trinajstić information content (AvgIpc) is 2.62. The molecule has 1 aromatic rings. The van der Waals surface area contributed by atoms with Gasteiger partial charge in [0.15, 0.2) is 0 Å². The smallest absolute Gasteiger partial charge is 0.241 e. The Morgan fingerprint density at radius 2 is 1.74 bits per heavy atom. The van der Waals surface area contributed by atoms with Gasteiger partial charge in [-0.15, -0.1) is 0 Å². The summed E-state index contributed by atoms with van der Waals surface area (Å²) in [6.45, 7) is 4.21. The van der Waals surface area contributed by atoms with Crippen molar-refractivity contribution in [2.45, 2.75) is 58.0 Å². The van der Waals surface area contributed by atoms with Crippen molar-refractivity contribution in [3.8, 4) is 0 Å². The minimum absolute atomic E-state index is 0.0446. The van der Waals surface area contributed by atoms with Gasteiger partial charge >= 0.3 is 0 Å². The summed E-state index contributed by atoms with van der Waals surface area (Å²) in [6, 6.07) is 5.92. The summed E-state index contributed by atoms with van der Waals surface area (Å²) in [4.78, 5) is 29.0. The molecular formula is C21H34N4O2. The number of anilines is 2. The first-order valence-corrected chi connectivity index (χ1v) is 9.86. The van der Waals surface area contributed by atoms with Gasteiger partial charge in [0.25, 0.3) is 0 Å². The maximum atomic E-state index is 12.8. The van der Waals surface area contributed by atoms with Gasteiger partial charge in [-0.05, 0) is 65.5 Å². The zero-order valence-electron chi connectivity index (χ0n) is 17.3. The van der Waals surface area contributed by atoms with Crippen molar-refractivity contribution in [3.63, 3.8) is 0 Å². The summed E-state index contributed by atoms with van der Waals surface area (Å²) in [5.74, 6) is -0.150. The molecule has 2 rings (SSSR count). The lowest BCUT2D eigenvalue weighted by Gasteiger charge is -2.34. The Labute approximate surface area is 163 Å². The number of rotatable bonds is 7. The van der Waals surface area contributed by atoms with E-state index in [1.165, 1.54) is 19.3 Å². The monoisotopic (exact) mass is 374 g/mol. The summed E-state index contributed by atoms with van der Waals surface area (Å²) < 4.78 is 0. The van der Waals surface area contributed by atoms with Crippen LogP contribution in [0.25, 0.3) is 0 Å². The van der Waals surface area contributed by atoms with Gasteiger partial charge in [-0.25, -0.2) is 0 Å². The van der Waals surface area contributed by atoms with Crippen LogP contribution < -0.4 is 10.6 Å². The molecule has 0 spiro atoms. The molecule has 2 amide bonds. The molecule has 6 heteroatoms. The standard InChI is InChI=1S/C21H34N4O2/c1-15-11-12-18(22-20(26)14-24(3)4)19(13-15)23-21(27)16(2)25(5)17-9-7-6-8-10-17/h11-13,16-17H,6-10,14H2,1-5H3,(H,22,26)(H,23,27). The summed E-state index contributed by atoms with van der Waals surface area (Å²) in [5.41, 5.74) is 2.31. The van der Waals surface area contributed by atoms with E-state index in [0.29, 0.717) is 24.0 Å². The summed E-state index contributed by atoms with van der Waals surface area (Å²) in [7, 11) is 5.73. The van der Waals surface area contributed by atoms with E-state index < -0.39 is 0 Å². The Kier molecular flexibility index (Phi) is 7.80. The Balaban J connectivity index is 2.07. The van der Waals surface area contributed by atoms with Crippen LogP contribution in [0, 0.1) is 6.92 Å². The number of nitrogens with zero attached hydrogens (tertiary/aromatic N) is 2. The highest BCUT2D eigenvalue weighted by Gasteiger charge is 2.26. The fraction of sp³-hybridized carbons (Fsp3) is 0.619. The number of hydrogen-bond donors (Lipinski definition) is 2. The number of benzene rings is 1. The number of carbonyl (C=O) groups excluding carboxylic acids is 2. The quantitative estimate of drug-likeness (QED) is 0.770. The molecule has 0 heterocycles. The second-order valence-corrected chi connectivity index (χ2v) is 7.96. The lowest BCUT2D eigenvalue weighted by atomic mass is 9.93. The first-order valence-electron chi connectivity index (χ1n) is 9.86. The van der Waals surface area contributed by atoms with Crippen LogP contribution in [-0.4, -0.2) is 61.4 Å². The van der Waals surface area contributed by atoms with Crippen LogP contribution >= 0.6 is 0 Å². The number of carbonyl (C=O) groups is 2. The van der Waals surface area contributed by atoms with E-state index in [9.17, 15) is 9.59 Å². The molecule has 0 aliphatic heterocycles. The van der Waals surface area contributed by atoms with Crippen molar-refractivity contribution in [2.24, 2.45) is 0 Å². The Bertz CT molecular complexity index is 654. The fourth-order valence-electron chi connectivity index (χ4n) is 3.57. The number of amides is 2. The third-order valence-electron chi connectivity index (χ3n) is 5.31. The predicted molar refractivity (Wildman–Crippen MR) is 111 cm³/mol. The second kappa shape index (κ2) is 9.85. The van der Waals surface area contributed by atoms with Crippen molar-refractivity contribution in [1.82, 2.24) is 9.80 Å². The lowest BCUT2D eigenvalue weighted by Crippen LogP contribution is -2.46. The van der Waals surface area contributed by atoms with Crippen LogP contribution in [-0.2, 0) is 9.59 Å². The molecule has 0 saturated heterocycles. The van der Waals surface area contributed by atoms with Gasteiger partial charge in [0.1, 0.15) is 0 Å². The van der Waals surface area contributed by atoms with Crippen molar-refractivity contribution >= 4 is 23.2 Å². The molecule has 1 aliphatic carbocycles. The van der Waals surface area contributed by atoms with E-state index in [2.05, 4.69) is 15.5 Å². The fourth-order valence-corrected chi connectivity index (χ4v) is 3.57. The average molecular weight is 375 g/mol. The Morgan fingerprint density at radius 3 is 2.37 bits per heavy atom. The van der Waals surface area contributed by atoms with E-state index in [4.69, 9.17) is 0 Å². The zero-order valence-corrected chi connectivity index (χ0v) is 17.3. The molecule has 1 atom stereocenters. The molecule has 0 bridgehead atoms. The van der Waals surface area contributed by atoms with Gasteiger partial charge in [-0.2, -0.15) is 0 Å². The number of aryl methyl sites for hydroxylation is 1. The molecular weight excluding hydrogens is 340 g/mol. The van der Waals surface area contributed by atoms with E-state index >= 15 is 0 Å². The molecule has 0 radical (unpaired) electrons. The van der Waals surface area contributed by atoms with Gasteiger partial charge in [0.05, 0.1) is 24.0 Å². The van der Waals surface area contributed by atoms with E-state index in [1.54, 1.807) is 0 Å². The first kappa shape index (κ1) is 21.4. The number of nitrogens with one attached hydrogen (secondary N) is 2. The molecule has 1 unspecified atom stereocenters. The summed E-state index contributed by atoms with van der Waals surface area (Å²) in [5, 5.41) is 5.92. The van der Waals surface area contributed by atoms with Crippen LogP contribution in [0.5, 0.6) is 0 Å². The van der Waals surface area contributed by atoms with Crippen molar-refractivity contribution in [2.75, 3.05) is 38.3 Å². The first-order chi connectivity index (χ1) is 12.8. The molecule has 150 valence electrons. The highest BCUT2D eigenvalue weighted by atomic mass is 16.2. The Morgan fingerprint density at radius 1 is 1.07 bits per heavy atom. The van der Waals surface area contributed by atoms with E-state index in [1.807, 2.05) is 58.1 Å². The Hall–Kier alpha value is -1.92. The second-order valence-electron chi connectivity index (χ2n) is 7.96. The topological polar surface area (TPSA) is 64.7 Å². The van der Waals surface area contributed by atoms with Gasteiger partial charge in [0, 0.05) is 6.04 Å². The van der Waals surface area contributed by atoms with Gasteiger partial charge < -0.3 is 15.5 Å². The molecule has 6 nitrogen and oxygen atoms in total. The van der Waals surface area contributed by atoms with Crippen LogP contribution in [0.4, 0.5) is 11.4 Å². The van der Waals surface area contributed by atoms with Crippen molar-refractivity contribution in [1.29, 1.82) is 0 Å². The molecule has 0 aromatic heterocycles. The molecule has 27 heavy (non-hydrogen) atoms. The molecule has 1 saturated carbocycles. The maximum Gasteiger partial charge on any atom is 0.241 e. The highest BCUT2D eigenvalue weighted by Crippen LogP contribution is 2.26. The third kappa shape index (κ3) is 6.33. The van der Waals surface area contributed by atoms with Crippen LogP contribution in [0.1, 0.15) is 44.6 Å². The van der Waals surface area contributed by atoms with Gasteiger partial charge in [-0.1, -0.05) is 25.3 Å². The van der Waals surface area contributed by atoms with E-state index in [0.717, 1.165) is 18.4 Å². The SMILES string of the molecule is Cc1ccc(NC(=O)CN(C)C)c(NC(=O)C(C)N(C)C2CCCCC2)c1. The zero-order chi connectivity index (χ0) is 20.0. The van der Waals surface area contributed by atoms with Gasteiger partial charge in [0.2, 0.25) is 11.8 Å². The number of likely N-dealkylation sites (N-methyl/N-ethyl adjacent to an activating group) is 2. The third-order valence-corrected chi connectivity index (χ3v) is 5.31. The van der Waals surface area contributed by atoms with Crippen LogP contribution in [0.2, 0.25) is 0 Å². The summed E-state index contributed by atoms with van der Waals surface area (Å²) in [6.07, 6.45) is 6.09. The van der Waals surface area contributed by atoms with Gasteiger partial charge in [-0.3, -0.25) is 14.5 Å². The predicted octanol–water partition coefficient (Wildman–Crippen LogP) is 3.09. The molecule has 1 fully saturated rings. The highest BCUT2D eigenvalue weighted by molar-refractivity contribution is 6.01. The van der Waals surface area contributed by atoms with Crippen LogP contribution in [0.15, 0.2) is 18.2 Å². The van der Waals surface area contributed by atoms with Crippen molar-refractivity contribution in [3.05, 3.63) is 23.8 Å². The van der Waals surface area contributed by atoms with Crippen molar-refractivity contribution < 1.29 is 9.59 Å². The normalized spacial score (nSPS) is 16.4. The minimum atomic E-state index is -0.223. The molecule has 1 aromatic carbocycles. The maximum absolute atomic E-state index is 12.8. The van der Waals surface area contributed by atoms with Crippen LogP contribution in [0.3, 0.4) is 0 Å². The minimum Gasteiger partial charge on any atom is -0.323 e. The molecule has 1 aliphatic rings. The lowest BCUT2D eigenvalue weighted by molar-refractivity contribution is -0.121. The largest absolute Gasteiger partial charge is 0.323 e.